The topological polar surface area (TPSA) is 189 Å². The molecule has 3 heterocycles. The molecule has 4 aliphatic rings. The van der Waals surface area contributed by atoms with E-state index in [0.717, 1.165) is 37.6 Å². The molecule has 4 amide bonds. The Balaban J connectivity index is 0.819. The van der Waals surface area contributed by atoms with E-state index in [1.807, 2.05) is 39.0 Å². The quantitative estimate of drug-likeness (QED) is 0.134. The third-order valence-corrected chi connectivity index (χ3v) is 14.5. The summed E-state index contributed by atoms with van der Waals surface area (Å²) in [4.78, 5) is 64.6. The molecule has 67 heavy (non-hydrogen) atoms. The van der Waals surface area contributed by atoms with Gasteiger partial charge < -0.3 is 40.3 Å². The number of aliphatic hydroxyl groups excluding tert-OH is 1. The summed E-state index contributed by atoms with van der Waals surface area (Å²) in [6.07, 6.45) is 4.37. The summed E-state index contributed by atoms with van der Waals surface area (Å²) in [5.74, 6) is 0.594. The Kier molecular flexibility index (Phi) is 15.2. The van der Waals surface area contributed by atoms with Crippen LogP contribution in [0.4, 0.5) is 5.82 Å². The third kappa shape index (κ3) is 11.4. The van der Waals surface area contributed by atoms with Gasteiger partial charge in [-0.1, -0.05) is 90.8 Å². The van der Waals surface area contributed by atoms with E-state index < -0.39 is 46.2 Å². The number of benzene rings is 2. The standard InChI is InChI=1S/C51H67ClN8O7/c1-49(2,3)43(46(65)60-30-37(61)25-40(60)45(64)55-28-32-11-13-34(14-12-32)33-9-8-10-33)56-42(62)31-66-24-23-58-19-21-59(22-20-58)41-18-16-36(29-54-41)44(63)57-47-50(4,5)48(51(47,6)7)67-38-17-15-35(27-53)39(52)26-38/h11-18,26,29,33,37,40,43,47-48,61H,8-10,19-25,28,30-31H2,1-7H3,(H,55,64)(H,56,62)(H,57,63)/t37-,40+,43-,47-,48-/m1/s1. The first kappa shape index (κ1) is 49.6. The second-order valence-electron chi connectivity index (χ2n) is 20.9. The number of piperazine rings is 1. The molecule has 2 saturated heterocycles. The van der Waals surface area contributed by atoms with Gasteiger partial charge in [0.15, 0.2) is 0 Å². The zero-order chi connectivity index (χ0) is 48.3. The van der Waals surface area contributed by atoms with E-state index in [4.69, 9.17) is 21.1 Å². The summed E-state index contributed by atoms with van der Waals surface area (Å²) in [7, 11) is 0. The third-order valence-electron chi connectivity index (χ3n) is 14.2. The van der Waals surface area contributed by atoms with Gasteiger partial charge in [-0.2, -0.15) is 5.26 Å². The number of nitrogens with one attached hydrogen (secondary N) is 3. The van der Waals surface area contributed by atoms with E-state index in [1.165, 1.54) is 29.7 Å². The molecule has 2 aliphatic heterocycles. The number of pyridine rings is 1. The zero-order valence-corrected chi connectivity index (χ0v) is 40.7. The molecule has 4 fully saturated rings. The lowest BCUT2D eigenvalue weighted by Crippen LogP contribution is -2.74. The van der Waals surface area contributed by atoms with Crippen LogP contribution in [0.3, 0.4) is 0 Å². The number of nitriles is 1. The predicted molar refractivity (Wildman–Crippen MR) is 255 cm³/mol. The highest BCUT2D eigenvalue weighted by molar-refractivity contribution is 6.31. The molecule has 0 bridgehead atoms. The highest BCUT2D eigenvalue weighted by Gasteiger charge is 2.64. The number of halogens is 1. The molecule has 15 nitrogen and oxygen atoms in total. The predicted octanol–water partition coefficient (Wildman–Crippen LogP) is 5.43. The van der Waals surface area contributed by atoms with Crippen LogP contribution in [0.5, 0.6) is 5.75 Å². The fraction of sp³-hybridized carbons (Fsp3) is 0.569. The zero-order valence-electron chi connectivity index (χ0n) is 39.9. The Morgan fingerprint density at radius 2 is 1.69 bits per heavy atom. The van der Waals surface area contributed by atoms with Gasteiger partial charge in [0.25, 0.3) is 5.91 Å². The molecule has 2 saturated carbocycles. The molecule has 4 N–H and O–H groups in total. The van der Waals surface area contributed by atoms with Crippen molar-refractivity contribution in [3.05, 3.63) is 88.1 Å². The Hall–Kier alpha value is -5.27. The van der Waals surface area contributed by atoms with Crippen LogP contribution in [-0.4, -0.2) is 126 Å². The summed E-state index contributed by atoms with van der Waals surface area (Å²) in [6, 6.07) is 17.1. The highest BCUT2D eigenvalue weighted by Crippen LogP contribution is 2.55. The van der Waals surface area contributed by atoms with Gasteiger partial charge in [-0.3, -0.25) is 24.1 Å². The summed E-state index contributed by atoms with van der Waals surface area (Å²) in [5.41, 5.74) is 1.67. The van der Waals surface area contributed by atoms with Gasteiger partial charge >= 0.3 is 0 Å². The lowest BCUT2D eigenvalue weighted by atomic mass is 9.49. The maximum atomic E-state index is 14.0. The minimum atomic E-state index is -0.939. The first-order chi connectivity index (χ1) is 31.8. The molecule has 2 aliphatic carbocycles. The van der Waals surface area contributed by atoms with Crippen molar-refractivity contribution in [2.45, 2.75) is 117 Å². The highest BCUT2D eigenvalue weighted by atomic mass is 35.5. The van der Waals surface area contributed by atoms with E-state index in [0.29, 0.717) is 47.5 Å². The molecule has 3 aromatic rings. The van der Waals surface area contributed by atoms with Crippen LogP contribution in [0.15, 0.2) is 60.8 Å². The molecule has 0 radical (unpaired) electrons. The normalized spacial score (nSPS) is 23.0. The number of carbonyl (C=O) groups is 4. The maximum Gasteiger partial charge on any atom is 0.253 e. The lowest BCUT2D eigenvalue weighted by Gasteiger charge is -2.63. The van der Waals surface area contributed by atoms with Crippen molar-refractivity contribution in [1.82, 2.24) is 30.7 Å². The number of β-amino-alcohol motifs (C(OH)–C–C–N with tert-alkyl or cyclic N) is 1. The number of aliphatic hydroxyl groups is 1. The number of carbonyl (C=O) groups excluding carboxylic acids is 4. The molecule has 7 rings (SSSR count). The smallest absolute Gasteiger partial charge is 0.253 e. The second kappa shape index (κ2) is 20.5. The molecular weight excluding hydrogens is 872 g/mol. The molecular formula is C51H67ClN8O7. The SMILES string of the molecule is CC(C)(C)[C@H](NC(=O)COCCN1CCN(c2ccc(C(=O)N[C@H]3C(C)(C)[C@H](Oc4ccc(C#N)c(Cl)c4)C3(C)C)cn2)CC1)C(=O)N1C[C@H](O)C[C@H]1C(=O)NCc1ccc(C2CCC2)cc1. The molecule has 2 aromatic carbocycles. The number of likely N-dealkylation sites (tertiary alicyclic amines) is 1. The molecule has 0 spiro atoms. The number of rotatable bonds is 16. The Labute approximate surface area is 399 Å². The van der Waals surface area contributed by atoms with Crippen molar-refractivity contribution >= 4 is 41.0 Å². The number of aromatic nitrogens is 1. The number of anilines is 1. The van der Waals surface area contributed by atoms with Crippen molar-refractivity contribution in [2.24, 2.45) is 16.2 Å². The van der Waals surface area contributed by atoms with E-state index in [9.17, 15) is 29.5 Å². The molecule has 16 heteroatoms. The van der Waals surface area contributed by atoms with Crippen LogP contribution in [-0.2, 0) is 25.7 Å². The van der Waals surface area contributed by atoms with Gasteiger partial charge in [0, 0.05) is 81.4 Å². The van der Waals surface area contributed by atoms with Gasteiger partial charge in [-0.25, -0.2) is 4.98 Å². The Morgan fingerprint density at radius 1 is 0.985 bits per heavy atom. The summed E-state index contributed by atoms with van der Waals surface area (Å²) < 4.78 is 12.2. The van der Waals surface area contributed by atoms with Crippen LogP contribution in [0.2, 0.25) is 5.02 Å². The van der Waals surface area contributed by atoms with Crippen molar-refractivity contribution in [1.29, 1.82) is 5.26 Å². The van der Waals surface area contributed by atoms with Crippen molar-refractivity contribution in [2.75, 3.05) is 57.4 Å². The number of ether oxygens (including phenoxy) is 2. The van der Waals surface area contributed by atoms with Crippen molar-refractivity contribution < 1.29 is 33.8 Å². The van der Waals surface area contributed by atoms with Crippen LogP contribution >= 0.6 is 11.6 Å². The maximum absolute atomic E-state index is 14.0. The minimum absolute atomic E-state index is 0.00762. The van der Waals surface area contributed by atoms with Crippen molar-refractivity contribution in [3.8, 4) is 11.8 Å². The van der Waals surface area contributed by atoms with Crippen LogP contribution in [0.1, 0.15) is 107 Å². The van der Waals surface area contributed by atoms with Gasteiger partial charge in [-0.05, 0) is 59.6 Å². The fourth-order valence-electron chi connectivity index (χ4n) is 10.4. The number of nitrogens with zero attached hydrogens (tertiary/aromatic N) is 5. The fourth-order valence-corrected chi connectivity index (χ4v) is 10.6. The van der Waals surface area contributed by atoms with Gasteiger partial charge in [0.1, 0.15) is 42.4 Å². The van der Waals surface area contributed by atoms with E-state index >= 15 is 0 Å². The van der Waals surface area contributed by atoms with Crippen molar-refractivity contribution in [3.63, 3.8) is 0 Å². The average molecular weight is 940 g/mol. The summed E-state index contributed by atoms with van der Waals surface area (Å²) >= 11 is 6.25. The lowest BCUT2D eigenvalue weighted by molar-refractivity contribution is -0.164. The van der Waals surface area contributed by atoms with Gasteiger partial charge in [0.2, 0.25) is 17.7 Å². The summed E-state index contributed by atoms with van der Waals surface area (Å²) in [6.45, 7) is 17.8. The Morgan fingerprint density at radius 3 is 2.28 bits per heavy atom. The van der Waals surface area contributed by atoms with E-state index in [-0.39, 0.29) is 43.5 Å². The van der Waals surface area contributed by atoms with Crippen LogP contribution < -0.4 is 25.6 Å². The summed E-state index contributed by atoms with van der Waals surface area (Å²) in [5, 5.41) is 29.2. The monoisotopic (exact) mass is 938 g/mol. The van der Waals surface area contributed by atoms with Gasteiger partial charge in [-0.15, -0.1) is 0 Å². The Bertz CT molecular complexity index is 2280. The molecule has 0 unspecified atom stereocenters. The number of hydrogen-bond acceptors (Lipinski definition) is 11. The first-order valence-electron chi connectivity index (χ1n) is 23.6. The largest absolute Gasteiger partial charge is 0.489 e. The van der Waals surface area contributed by atoms with E-state index in [2.05, 4.69) is 76.6 Å². The second-order valence-corrected chi connectivity index (χ2v) is 21.3. The minimum Gasteiger partial charge on any atom is -0.489 e. The molecule has 1 aromatic heterocycles. The number of amides is 4. The van der Waals surface area contributed by atoms with E-state index in [1.54, 1.807) is 30.5 Å². The first-order valence-corrected chi connectivity index (χ1v) is 24.0. The van der Waals surface area contributed by atoms with Crippen LogP contribution in [0, 0.1) is 27.6 Å². The molecule has 360 valence electrons. The van der Waals surface area contributed by atoms with Crippen LogP contribution in [0.25, 0.3) is 0 Å². The molecule has 3 atom stereocenters. The van der Waals surface area contributed by atoms with Gasteiger partial charge in [0.05, 0.1) is 28.9 Å². The number of hydrogen-bond donors (Lipinski definition) is 4. The average Bonchev–Trinajstić information content (AvgIpc) is 3.68.